The monoisotopic (exact) mass is 714 g/mol. The first-order valence-corrected chi connectivity index (χ1v) is 17.7. The molecule has 2 heterocycles. The quantitative estimate of drug-likeness (QED) is 0.0972. The van der Waals surface area contributed by atoms with E-state index in [1.165, 1.54) is 12.0 Å². The van der Waals surface area contributed by atoms with Crippen molar-refractivity contribution in [2.75, 3.05) is 77.6 Å². The normalized spacial score (nSPS) is 14.8. The van der Waals surface area contributed by atoms with Crippen molar-refractivity contribution in [1.29, 1.82) is 0 Å². The highest BCUT2D eigenvalue weighted by molar-refractivity contribution is 6.31. The second kappa shape index (κ2) is 15.3. The van der Waals surface area contributed by atoms with Gasteiger partial charge in [-0.1, -0.05) is 36.4 Å². The molecule has 1 saturated heterocycles. The van der Waals surface area contributed by atoms with E-state index in [2.05, 4.69) is 20.4 Å². The Morgan fingerprint density at radius 3 is 2.26 bits per heavy atom. The Morgan fingerprint density at radius 1 is 0.755 bits per heavy atom. The van der Waals surface area contributed by atoms with Gasteiger partial charge < -0.3 is 25.8 Å². The highest BCUT2D eigenvalue weighted by Crippen LogP contribution is 2.39. The van der Waals surface area contributed by atoms with Gasteiger partial charge in [-0.05, 0) is 59.3 Å². The molecular formula is C41H42N6O6. The summed E-state index contributed by atoms with van der Waals surface area (Å²) in [7, 11) is 3.10. The number of imide groups is 1. The number of anilines is 2. The summed E-state index contributed by atoms with van der Waals surface area (Å²) in [4.78, 5) is 59.2. The number of ether oxygens (including phenoxy) is 2. The minimum atomic E-state index is -0.286. The molecule has 5 aromatic carbocycles. The first kappa shape index (κ1) is 35.4. The molecule has 2 aliphatic rings. The minimum absolute atomic E-state index is 0.0772. The number of nitrogens with two attached hydrogens (primary N) is 1. The lowest BCUT2D eigenvalue weighted by Gasteiger charge is -2.36. The molecule has 0 bridgehead atoms. The Labute approximate surface area is 307 Å². The lowest BCUT2D eigenvalue weighted by Crippen LogP contribution is -2.51. The van der Waals surface area contributed by atoms with Crippen molar-refractivity contribution in [3.63, 3.8) is 0 Å². The van der Waals surface area contributed by atoms with E-state index in [4.69, 9.17) is 15.2 Å². The summed E-state index contributed by atoms with van der Waals surface area (Å²) < 4.78 is 11.1. The van der Waals surface area contributed by atoms with Gasteiger partial charge in [0.1, 0.15) is 11.5 Å². The second-order valence-corrected chi connectivity index (χ2v) is 13.3. The fourth-order valence-electron chi connectivity index (χ4n) is 7.24. The topological polar surface area (TPSA) is 147 Å². The first-order valence-electron chi connectivity index (χ1n) is 17.7. The molecule has 0 spiro atoms. The van der Waals surface area contributed by atoms with Gasteiger partial charge in [-0.15, -0.1) is 0 Å². The van der Waals surface area contributed by atoms with Crippen LogP contribution in [-0.2, 0) is 11.2 Å². The van der Waals surface area contributed by atoms with Crippen LogP contribution in [0.5, 0.6) is 11.5 Å². The molecule has 53 heavy (non-hydrogen) atoms. The van der Waals surface area contributed by atoms with Gasteiger partial charge in [0.15, 0.2) is 0 Å². The van der Waals surface area contributed by atoms with E-state index in [0.717, 1.165) is 42.3 Å². The number of piperazine rings is 1. The molecule has 0 radical (unpaired) electrons. The summed E-state index contributed by atoms with van der Waals surface area (Å²) in [6.45, 7) is 5.15. The van der Waals surface area contributed by atoms with E-state index < -0.39 is 0 Å². The van der Waals surface area contributed by atoms with Crippen LogP contribution in [0.4, 0.5) is 11.4 Å². The Bertz CT molecular complexity index is 2230. The zero-order valence-electron chi connectivity index (χ0n) is 29.8. The van der Waals surface area contributed by atoms with Crippen molar-refractivity contribution in [2.45, 2.75) is 6.42 Å². The predicted octanol–water partition coefficient (Wildman–Crippen LogP) is 4.42. The fraction of sp³-hybridized carbons (Fsp3) is 0.268. The Balaban J connectivity index is 0.893. The van der Waals surface area contributed by atoms with Gasteiger partial charge in [0, 0.05) is 91.2 Å². The molecule has 4 N–H and O–H groups in total. The summed E-state index contributed by atoms with van der Waals surface area (Å²) in [6, 6.07) is 25.3. The summed E-state index contributed by atoms with van der Waals surface area (Å²) in [5.74, 6) is 0.0747. The standard InChI is InChI=1S/C41H42N6O6/c1-52-34-13-12-32-37-33(34)22-26-6-3-4-9-31(26)38(37)41(51)47(40(32)50)21-20-46-18-16-45(17-19-46)15-14-43-39(49)28-11-10-27(35(23-28)53-2)24-36(48)44-30-8-5-7-29(42)25-30/h3-13,22-23,25H,14-21,24,42H2,1-2H3,(H,43,49)(H,44,48). The van der Waals surface area contributed by atoms with E-state index in [1.54, 1.807) is 61.7 Å². The van der Waals surface area contributed by atoms with Crippen LogP contribution in [0.2, 0.25) is 0 Å². The molecule has 2 aliphatic heterocycles. The van der Waals surface area contributed by atoms with Crippen molar-refractivity contribution in [1.82, 2.24) is 20.0 Å². The number of nitrogens with zero attached hydrogens (tertiary/aromatic N) is 3. The van der Waals surface area contributed by atoms with Crippen LogP contribution < -0.4 is 25.8 Å². The van der Waals surface area contributed by atoms with E-state index in [1.807, 2.05) is 30.3 Å². The molecule has 0 atom stereocenters. The molecule has 0 unspecified atom stereocenters. The highest BCUT2D eigenvalue weighted by atomic mass is 16.5. The maximum Gasteiger partial charge on any atom is 0.262 e. The van der Waals surface area contributed by atoms with Crippen LogP contribution in [-0.4, -0.2) is 105 Å². The van der Waals surface area contributed by atoms with Crippen molar-refractivity contribution in [2.24, 2.45) is 0 Å². The van der Waals surface area contributed by atoms with Gasteiger partial charge in [0.25, 0.3) is 17.7 Å². The lowest BCUT2D eigenvalue weighted by atomic mass is 9.89. The molecule has 5 aromatic rings. The van der Waals surface area contributed by atoms with Crippen LogP contribution in [0.3, 0.4) is 0 Å². The Kier molecular flexibility index (Phi) is 10.2. The van der Waals surface area contributed by atoms with E-state index in [-0.39, 0.29) is 30.0 Å². The number of hydrogen-bond donors (Lipinski definition) is 3. The average Bonchev–Trinajstić information content (AvgIpc) is 3.16. The van der Waals surface area contributed by atoms with Crippen molar-refractivity contribution in [3.8, 4) is 11.5 Å². The van der Waals surface area contributed by atoms with Crippen molar-refractivity contribution >= 4 is 56.5 Å². The van der Waals surface area contributed by atoms with Gasteiger partial charge in [-0.2, -0.15) is 0 Å². The summed E-state index contributed by atoms with van der Waals surface area (Å²) in [5, 5.41) is 8.98. The van der Waals surface area contributed by atoms with Gasteiger partial charge in [-0.3, -0.25) is 33.9 Å². The molecule has 12 nitrogen and oxygen atoms in total. The molecule has 1 fully saturated rings. The van der Waals surface area contributed by atoms with Gasteiger partial charge in [0.2, 0.25) is 5.91 Å². The van der Waals surface area contributed by atoms with Crippen LogP contribution >= 0.6 is 0 Å². The Hall–Kier alpha value is -5.98. The molecule has 12 heteroatoms. The Morgan fingerprint density at radius 2 is 1.51 bits per heavy atom. The largest absolute Gasteiger partial charge is 0.496 e. The van der Waals surface area contributed by atoms with Crippen LogP contribution in [0.15, 0.2) is 84.9 Å². The van der Waals surface area contributed by atoms with Crippen LogP contribution in [0.25, 0.3) is 21.5 Å². The number of hydrogen-bond acceptors (Lipinski definition) is 9. The fourth-order valence-corrected chi connectivity index (χ4v) is 7.24. The first-order chi connectivity index (χ1) is 25.7. The van der Waals surface area contributed by atoms with E-state index >= 15 is 0 Å². The second-order valence-electron chi connectivity index (χ2n) is 13.3. The molecule has 7 rings (SSSR count). The third-order valence-electron chi connectivity index (χ3n) is 10.0. The maximum absolute atomic E-state index is 14.0. The minimum Gasteiger partial charge on any atom is -0.496 e. The lowest BCUT2D eigenvalue weighted by molar-refractivity contribution is -0.115. The number of fused-ring (bicyclic) bond motifs is 2. The average molecular weight is 715 g/mol. The number of methoxy groups -OCH3 is 2. The van der Waals surface area contributed by atoms with Crippen LogP contribution in [0.1, 0.15) is 36.6 Å². The van der Waals surface area contributed by atoms with Crippen molar-refractivity contribution in [3.05, 3.63) is 107 Å². The zero-order chi connectivity index (χ0) is 37.1. The van der Waals surface area contributed by atoms with E-state index in [9.17, 15) is 19.2 Å². The SMILES string of the molecule is COc1cc(C(=O)NCCN2CCN(CCN3C(=O)c4ccc(OC)c5cc6ccccc6c(c45)C3=O)CC2)ccc1CC(=O)Nc1cccc(N)c1. The third kappa shape index (κ3) is 7.37. The van der Waals surface area contributed by atoms with Gasteiger partial charge in [-0.25, -0.2) is 0 Å². The smallest absolute Gasteiger partial charge is 0.262 e. The zero-order valence-corrected chi connectivity index (χ0v) is 29.8. The maximum atomic E-state index is 14.0. The predicted molar refractivity (Wildman–Crippen MR) is 205 cm³/mol. The number of carbonyl (C=O) groups excluding carboxylic acids is 4. The number of carbonyl (C=O) groups is 4. The van der Waals surface area contributed by atoms with Gasteiger partial charge >= 0.3 is 0 Å². The van der Waals surface area contributed by atoms with E-state index in [0.29, 0.717) is 76.7 Å². The molecule has 272 valence electrons. The number of nitrogen functional groups attached to an aromatic ring is 1. The van der Waals surface area contributed by atoms with Crippen LogP contribution in [0, 0.1) is 0 Å². The third-order valence-corrected chi connectivity index (χ3v) is 10.0. The van der Waals surface area contributed by atoms with Gasteiger partial charge in [0.05, 0.1) is 26.2 Å². The molecule has 0 aromatic heterocycles. The number of rotatable bonds is 12. The molecule has 0 aliphatic carbocycles. The summed E-state index contributed by atoms with van der Waals surface area (Å²) >= 11 is 0. The molecular weight excluding hydrogens is 672 g/mol. The highest BCUT2D eigenvalue weighted by Gasteiger charge is 2.35. The number of nitrogens with one attached hydrogen (secondary N) is 2. The number of amides is 4. The summed E-state index contributed by atoms with van der Waals surface area (Å²) in [5.41, 5.74) is 9.13. The molecule has 0 saturated carbocycles. The number of benzene rings is 5. The summed E-state index contributed by atoms with van der Waals surface area (Å²) in [6.07, 6.45) is 0.0772. The molecule has 4 amide bonds. The van der Waals surface area contributed by atoms with Crippen molar-refractivity contribution < 1.29 is 28.7 Å².